The number of hydrogen-bond donors (Lipinski definition) is 0. The van der Waals surface area contributed by atoms with Crippen molar-refractivity contribution in [3.8, 4) is 0 Å². The monoisotopic (exact) mass is 613 g/mol. The standard InChI is InChI=1S/C30H29Cl2N3O3S2/c31-24-10-6-20(7-11-24)19-23-3-1-4-26-28(23)33-35(29(26)21-8-12-25(32)13-9-21)30(36)22-14-16-34(17-15-22)40(37,38)27-5-2-18-39-27/h2,5-13,18-19,22,26,29H,1,3-4,14-17H2/b23-19+. The van der Waals surface area contributed by atoms with Crippen LogP contribution in [0.4, 0.5) is 0 Å². The maximum Gasteiger partial charge on any atom is 0.252 e. The number of thiophene rings is 1. The minimum Gasteiger partial charge on any atom is -0.273 e. The second kappa shape index (κ2) is 11.4. The Morgan fingerprint density at radius 3 is 2.27 bits per heavy atom. The molecule has 1 aromatic heterocycles. The second-order valence-electron chi connectivity index (χ2n) is 10.5. The predicted molar refractivity (Wildman–Crippen MR) is 161 cm³/mol. The van der Waals surface area contributed by atoms with Gasteiger partial charge < -0.3 is 0 Å². The Balaban J connectivity index is 1.28. The molecule has 1 saturated carbocycles. The first kappa shape index (κ1) is 27.7. The van der Waals surface area contributed by atoms with Gasteiger partial charge in [0.2, 0.25) is 5.91 Å². The molecule has 3 aliphatic rings. The molecule has 1 saturated heterocycles. The molecule has 2 unspecified atom stereocenters. The van der Waals surface area contributed by atoms with Gasteiger partial charge in [0, 0.05) is 35.0 Å². The molecule has 3 aromatic rings. The number of hydrogen-bond acceptors (Lipinski definition) is 5. The van der Waals surface area contributed by atoms with Crippen LogP contribution in [-0.4, -0.2) is 42.4 Å². The summed E-state index contributed by atoms with van der Waals surface area (Å²) in [7, 11) is -3.53. The van der Waals surface area contributed by atoms with Gasteiger partial charge in [0.15, 0.2) is 0 Å². The van der Waals surface area contributed by atoms with E-state index < -0.39 is 10.0 Å². The summed E-state index contributed by atoms with van der Waals surface area (Å²) in [5.41, 5.74) is 4.17. The number of halogens is 2. The van der Waals surface area contributed by atoms with Crippen molar-refractivity contribution in [2.75, 3.05) is 13.1 Å². The van der Waals surface area contributed by atoms with Gasteiger partial charge in [-0.15, -0.1) is 11.3 Å². The van der Waals surface area contributed by atoms with E-state index in [9.17, 15) is 13.2 Å². The molecule has 40 heavy (non-hydrogen) atoms. The van der Waals surface area contributed by atoms with Crippen LogP contribution >= 0.6 is 34.5 Å². The molecule has 10 heteroatoms. The Labute approximate surface area is 249 Å². The van der Waals surface area contributed by atoms with Crippen LogP contribution in [0.3, 0.4) is 0 Å². The summed E-state index contributed by atoms with van der Waals surface area (Å²) < 4.78 is 27.9. The summed E-state index contributed by atoms with van der Waals surface area (Å²) in [5, 5.41) is 9.81. The molecule has 6 rings (SSSR count). The zero-order valence-electron chi connectivity index (χ0n) is 21.7. The van der Waals surface area contributed by atoms with Crippen LogP contribution in [0.2, 0.25) is 10.0 Å². The number of fused-ring (bicyclic) bond motifs is 1. The summed E-state index contributed by atoms with van der Waals surface area (Å²) in [6.07, 6.45) is 5.93. The Kier molecular flexibility index (Phi) is 7.90. The molecule has 6 nitrogen and oxygen atoms in total. The van der Waals surface area contributed by atoms with E-state index >= 15 is 0 Å². The number of rotatable bonds is 5. The summed E-state index contributed by atoms with van der Waals surface area (Å²) >= 11 is 13.5. The van der Waals surface area contributed by atoms with E-state index in [1.54, 1.807) is 22.5 Å². The SMILES string of the molecule is O=C(C1CCN(S(=O)(=O)c2cccs2)CC1)N1N=C2/C(=C/c3ccc(Cl)cc3)CCCC2C1c1ccc(Cl)cc1. The van der Waals surface area contributed by atoms with E-state index in [0.29, 0.717) is 40.2 Å². The average Bonchev–Trinajstić information content (AvgIpc) is 3.64. The fraction of sp³-hybridized carbons (Fsp3) is 0.333. The predicted octanol–water partition coefficient (Wildman–Crippen LogP) is 7.28. The van der Waals surface area contributed by atoms with Crippen molar-refractivity contribution in [1.29, 1.82) is 0 Å². The fourth-order valence-electron chi connectivity index (χ4n) is 6.00. The average molecular weight is 615 g/mol. The molecule has 0 N–H and O–H groups in total. The third kappa shape index (κ3) is 5.40. The number of carbonyl (C=O) groups is 1. The van der Waals surface area contributed by atoms with E-state index in [0.717, 1.165) is 41.7 Å². The van der Waals surface area contributed by atoms with E-state index in [1.807, 2.05) is 48.5 Å². The lowest BCUT2D eigenvalue weighted by Gasteiger charge is -2.34. The van der Waals surface area contributed by atoms with Gasteiger partial charge in [0.05, 0.1) is 11.8 Å². The van der Waals surface area contributed by atoms with Gasteiger partial charge in [-0.1, -0.05) is 53.5 Å². The lowest BCUT2D eigenvalue weighted by atomic mass is 9.77. The summed E-state index contributed by atoms with van der Waals surface area (Å²) in [4.78, 5) is 14.1. The highest BCUT2D eigenvalue weighted by molar-refractivity contribution is 7.91. The Morgan fingerprint density at radius 2 is 1.62 bits per heavy atom. The number of allylic oxidation sites excluding steroid dienone is 1. The van der Waals surface area contributed by atoms with Gasteiger partial charge in [-0.2, -0.15) is 9.41 Å². The highest BCUT2D eigenvalue weighted by Crippen LogP contribution is 2.45. The number of piperidine rings is 1. The van der Waals surface area contributed by atoms with Crippen molar-refractivity contribution >= 4 is 62.3 Å². The third-order valence-electron chi connectivity index (χ3n) is 8.04. The second-order valence-corrected chi connectivity index (χ2v) is 14.5. The molecule has 2 aromatic carbocycles. The van der Waals surface area contributed by atoms with Crippen LogP contribution in [-0.2, 0) is 14.8 Å². The highest BCUT2D eigenvalue weighted by atomic mass is 35.5. The van der Waals surface area contributed by atoms with E-state index in [-0.39, 0.29) is 23.8 Å². The molecule has 1 aliphatic carbocycles. The van der Waals surface area contributed by atoms with Crippen molar-refractivity contribution in [3.63, 3.8) is 0 Å². The van der Waals surface area contributed by atoms with Gasteiger partial charge in [0.1, 0.15) is 4.21 Å². The normalized spacial score (nSPS) is 23.3. The Morgan fingerprint density at radius 1 is 0.950 bits per heavy atom. The minimum absolute atomic E-state index is 0.0409. The first-order valence-electron chi connectivity index (χ1n) is 13.5. The van der Waals surface area contributed by atoms with Crippen LogP contribution in [0.1, 0.15) is 49.3 Å². The van der Waals surface area contributed by atoms with Gasteiger partial charge in [0.25, 0.3) is 10.0 Å². The molecule has 1 amide bonds. The first-order valence-corrected chi connectivity index (χ1v) is 16.6. The molecule has 2 aliphatic heterocycles. The van der Waals surface area contributed by atoms with E-state index in [4.69, 9.17) is 28.3 Å². The van der Waals surface area contributed by atoms with Crippen molar-refractivity contribution in [1.82, 2.24) is 9.31 Å². The molecule has 0 spiro atoms. The van der Waals surface area contributed by atoms with E-state index in [2.05, 4.69) is 6.08 Å². The summed E-state index contributed by atoms with van der Waals surface area (Å²) in [6, 6.07) is 18.6. The molecule has 0 radical (unpaired) electrons. The van der Waals surface area contributed by atoms with Crippen LogP contribution < -0.4 is 0 Å². The van der Waals surface area contributed by atoms with Crippen molar-refractivity contribution in [3.05, 3.63) is 92.8 Å². The van der Waals surface area contributed by atoms with Gasteiger partial charge in [-0.25, -0.2) is 13.4 Å². The lowest BCUT2D eigenvalue weighted by molar-refractivity contribution is -0.139. The van der Waals surface area contributed by atoms with Crippen LogP contribution in [0.15, 0.2) is 80.9 Å². The Hall–Kier alpha value is -2.49. The molecular weight excluding hydrogens is 585 g/mol. The lowest BCUT2D eigenvalue weighted by Crippen LogP contribution is -2.43. The van der Waals surface area contributed by atoms with Crippen LogP contribution in [0, 0.1) is 11.8 Å². The smallest absolute Gasteiger partial charge is 0.252 e. The number of carbonyl (C=O) groups excluding carboxylic acids is 1. The van der Waals surface area contributed by atoms with Gasteiger partial charge >= 0.3 is 0 Å². The minimum atomic E-state index is -3.53. The molecule has 3 heterocycles. The molecule has 2 atom stereocenters. The summed E-state index contributed by atoms with van der Waals surface area (Å²) in [5.74, 6) is -0.254. The third-order valence-corrected chi connectivity index (χ3v) is 11.8. The van der Waals surface area contributed by atoms with Gasteiger partial charge in [-0.05, 0) is 90.6 Å². The van der Waals surface area contributed by atoms with Gasteiger partial charge in [-0.3, -0.25) is 4.79 Å². The zero-order chi connectivity index (χ0) is 27.9. The van der Waals surface area contributed by atoms with Crippen molar-refractivity contribution in [2.45, 2.75) is 42.4 Å². The van der Waals surface area contributed by atoms with E-state index in [1.165, 1.54) is 15.6 Å². The molecule has 0 bridgehead atoms. The zero-order valence-corrected chi connectivity index (χ0v) is 24.9. The molecule has 208 valence electrons. The van der Waals surface area contributed by atoms with Crippen molar-refractivity contribution in [2.24, 2.45) is 16.9 Å². The molecular formula is C30H29Cl2N3O3S2. The highest BCUT2D eigenvalue weighted by Gasteiger charge is 2.46. The maximum absolute atomic E-state index is 14.1. The summed E-state index contributed by atoms with van der Waals surface area (Å²) in [6.45, 7) is 0.635. The fourth-order valence-corrected chi connectivity index (χ4v) is 8.87. The number of nitrogens with zero attached hydrogens (tertiary/aromatic N) is 3. The number of hydrazone groups is 1. The number of amides is 1. The number of sulfonamides is 1. The first-order chi connectivity index (χ1) is 19.3. The largest absolute Gasteiger partial charge is 0.273 e. The quantitative estimate of drug-likeness (QED) is 0.303. The van der Waals surface area contributed by atoms with Crippen LogP contribution in [0.5, 0.6) is 0 Å². The topological polar surface area (TPSA) is 70.1 Å². The Bertz CT molecular complexity index is 1540. The maximum atomic E-state index is 14.1. The number of benzene rings is 2. The van der Waals surface area contributed by atoms with Crippen LogP contribution in [0.25, 0.3) is 6.08 Å². The van der Waals surface area contributed by atoms with Crippen molar-refractivity contribution < 1.29 is 13.2 Å². The molecule has 2 fully saturated rings.